The van der Waals surface area contributed by atoms with E-state index in [1.807, 2.05) is 0 Å². The molecule has 114 valence electrons. The molecule has 0 aliphatic rings. The van der Waals surface area contributed by atoms with Crippen LogP contribution in [0.25, 0.3) is 0 Å². The molecule has 0 spiro atoms. The lowest BCUT2D eigenvalue weighted by molar-refractivity contribution is 0.325. The second-order valence-electron chi connectivity index (χ2n) is 7.79. The van der Waals surface area contributed by atoms with Crippen molar-refractivity contribution in [3.8, 4) is 0 Å². The van der Waals surface area contributed by atoms with E-state index in [4.69, 9.17) is 0 Å². The molecule has 0 aliphatic carbocycles. The minimum atomic E-state index is 0.248. The predicted molar refractivity (Wildman–Crippen MR) is 90.4 cm³/mol. The summed E-state index contributed by atoms with van der Waals surface area (Å²) in [7, 11) is 0. The van der Waals surface area contributed by atoms with Gasteiger partial charge in [-0.3, -0.25) is 0 Å². The maximum absolute atomic E-state index is 3.51. The van der Waals surface area contributed by atoms with Crippen molar-refractivity contribution in [2.24, 2.45) is 5.41 Å². The molecule has 1 nitrogen and oxygen atoms in total. The van der Waals surface area contributed by atoms with Gasteiger partial charge in [-0.05, 0) is 54.3 Å². The highest BCUT2D eigenvalue weighted by Crippen LogP contribution is 2.27. The van der Waals surface area contributed by atoms with E-state index in [1.54, 1.807) is 0 Å². The van der Waals surface area contributed by atoms with Gasteiger partial charge in [0.05, 0.1) is 0 Å². The molecule has 0 aromatic heterocycles. The third-order valence-electron chi connectivity index (χ3n) is 3.91. The first-order chi connectivity index (χ1) is 9.24. The van der Waals surface area contributed by atoms with E-state index in [0.29, 0.717) is 5.41 Å². The number of hydrogen-bond donors (Lipinski definition) is 1. The van der Waals surface area contributed by atoms with Crippen molar-refractivity contribution in [1.82, 2.24) is 5.32 Å². The second kappa shape index (κ2) is 7.26. The average molecular weight is 275 g/mol. The first-order valence-electron chi connectivity index (χ1n) is 8.05. The fraction of sp³-hybridized carbons (Fsp3) is 0.684. The smallest absolute Gasteiger partial charge is 0.00437 e. The standard InChI is InChI=1S/C19H33N/c1-7-13-20-14-12-19(5,6)15-16-8-10-17(11-9-16)18(2,3)4/h8-11,20H,7,12-15H2,1-6H3. The van der Waals surface area contributed by atoms with Crippen molar-refractivity contribution >= 4 is 0 Å². The highest BCUT2D eigenvalue weighted by atomic mass is 14.8. The van der Waals surface area contributed by atoms with Gasteiger partial charge in [-0.25, -0.2) is 0 Å². The summed E-state index contributed by atoms with van der Waals surface area (Å²) in [5.41, 5.74) is 3.49. The van der Waals surface area contributed by atoms with Gasteiger partial charge in [0.15, 0.2) is 0 Å². The third-order valence-corrected chi connectivity index (χ3v) is 3.91. The fourth-order valence-electron chi connectivity index (χ4n) is 2.49. The maximum Gasteiger partial charge on any atom is -0.00437 e. The van der Waals surface area contributed by atoms with Crippen LogP contribution in [-0.4, -0.2) is 13.1 Å². The largest absolute Gasteiger partial charge is 0.317 e. The molecule has 0 aliphatic heterocycles. The maximum atomic E-state index is 3.51. The first kappa shape index (κ1) is 17.2. The van der Waals surface area contributed by atoms with Crippen LogP contribution in [0.2, 0.25) is 0 Å². The SMILES string of the molecule is CCCNCCC(C)(C)Cc1ccc(C(C)(C)C)cc1. The van der Waals surface area contributed by atoms with Crippen LogP contribution in [0.15, 0.2) is 24.3 Å². The van der Waals surface area contributed by atoms with Crippen LogP contribution >= 0.6 is 0 Å². The Balaban J connectivity index is 2.54. The van der Waals surface area contributed by atoms with Crippen LogP contribution in [0.4, 0.5) is 0 Å². The topological polar surface area (TPSA) is 12.0 Å². The highest BCUT2D eigenvalue weighted by Gasteiger charge is 2.19. The van der Waals surface area contributed by atoms with E-state index < -0.39 is 0 Å². The van der Waals surface area contributed by atoms with Gasteiger partial charge in [-0.2, -0.15) is 0 Å². The van der Waals surface area contributed by atoms with Gasteiger partial charge in [0.1, 0.15) is 0 Å². The number of nitrogens with one attached hydrogen (secondary N) is 1. The van der Waals surface area contributed by atoms with Crippen molar-refractivity contribution in [3.63, 3.8) is 0 Å². The molecule has 20 heavy (non-hydrogen) atoms. The second-order valence-corrected chi connectivity index (χ2v) is 7.79. The van der Waals surface area contributed by atoms with Crippen LogP contribution < -0.4 is 5.32 Å². The van der Waals surface area contributed by atoms with Crippen molar-refractivity contribution in [2.75, 3.05) is 13.1 Å². The van der Waals surface area contributed by atoms with E-state index in [2.05, 4.69) is 71.1 Å². The normalized spacial score (nSPS) is 12.7. The van der Waals surface area contributed by atoms with Gasteiger partial charge in [-0.1, -0.05) is 65.8 Å². The summed E-state index contributed by atoms with van der Waals surface area (Å²) in [5, 5.41) is 3.51. The molecule has 1 aromatic carbocycles. The Morgan fingerprint density at radius 2 is 1.50 bits per heavy atom. The van der Waals surface area contributed by atoms with E-state index in [-0.39, 0.29) is 5.41 Å². The molecule has 0 atom stereocenters. The van der Waals surface area contributed by atoms with E-state index in [0.717, 1.165) is 19.5 Å². The Kier molecular flexibility index (Phi) is 6.26. The Labute approximate surface area is 126 Å². The zero-order chi connectivity index (χ0) is 15.2. The Bertz CT molecular complexity index is 381. The monoisotopic (exact) mass is 275 g/mol. The van der Waals surface area contributed by atoms with Crippen molar-refractivity contribution in [3.05, 3.63) is 35.4 Å². The molecule has 1 rings (SSSR count). The van der Waals surface area contributed by atoms with Gasteiger partial charge in [-0.15, -0.1) is 0 Å². The predicted octanol–water partition coefficient (Wildman–Crippen LogP) is 4.94. The Morgan fingerprint density at radius 3 is 2.00 bits per heavy atom. The summed E-state index contributed by atoms with van der Waals surface area (Å²) in [6.07, 6.45) is 3.61. The third kappa shape index (κ3) is 6.09. The minimum Gasteiger partial charge on any atom is -0.317 e. The van der Waals surface area contributed by atoms with Crippen LogP contribution in [0.1, 0.15) is 65.5 Å². The molecule has 1 heteroatoms. The number of rotatable bonds is 7. The molecule has 0 fully saturated rings. The van der Waals surface area contributed by atoms with Crippen LogP contribution in [0.3, 0.4) is 0 Å². The zero-order valence-electron chi connectivity index (χ0n) is 14.3. The minimum absolute atomic E-state index is 0.248. The molecule has 0 heterocycles. The zero-order valence-corrected chi connectivity index (χ0v) is 14.3. The van der Waals surface area contributed by atoms with Gasteiger partial charge in [0.2, 0.25) is 0 Å². The molecule has 0 amide bonds. The van der Waals surface area contributed by atoms with E-state index in [9.17, 15) is 0 Å². The lowest BCUT2D eigenvalue weighted by Crippen LogP contribution is -2.24. The van der Waals surface area contributed by atoms with Gasteiger partial charge >= 0.3 is 0 Å². The number of hydrogen-bond acceptors (Lipinski definition) is 1. The molecular weight excluding hydrogens is 242 g/mol. The molecule has 1 N–H and O–H groups in total. The molecular formula is C19H33N. The summed E-state index contributed by atoms with van der Waals surface area (Å²) < 4.78 is 0. The molecule has 0 saturated heterocycles. The van der Waals surface area contributed by atoms with Gasteiger partial charge in [0, 0.05) is 0 Å². The fourth-order valence-corrected chi connectivity index (χ4v) is 2.49. The lowest BCUT2D eigenvalue weighted by Gasteiger charge is -2.26. The lowest BCUT2D eigenvalue weighted by atomic mass is 9.81. The Hall–Kier alpha value is -0.820. The molecule has 0 bridgehead atoms. The molecule has 1 aromatic rings. The summed E-state index contributed by atoms with van der Waals surface area (Å²) in [6.45, 7) is 16.0. The summed E-state index contributed by atoms with van der Waals surface area (Å²) in [6, 6.07) is 9.20. The quantitative estimate of drug-likeness (QED) is 0.695. The van der Waals surface area contributed by atoms with Crippen LogP contribution in [-0.2, 0) is 11.8 Å². The number of benzene rings is 1. The van der Waals surface area contributed by atoms with E-state index in [1.165, 1.54) is 24.0 Å². The molecule has 0 radical (unpaired) electrons. The average Bonchev–Trinajstić information content (AvgIpc) is 2.34. The van der Waals surface area contributed by atoms with Gasteiger partial charge < -0.3 is 5.32 Å². The molecule has 0 unspecified atom stereocenters. The van der Waals surface area contributed by atoms with Crippen molar-refractivity contribution in [2.45, 2.75) is 66.2 Å². The summed E-state index contributed by atoms with van der Waals surface area (Å²) in [5.74, 6) is 0. The summed E-state index contributed by atoms with van der Waals surface area (Å²) in [4.78, 5) is 0. The van der Waals surface area contributed by atoms with Crippen LogP contribution in [0.5, 0.6) is 0 Å². The first-order valence-corrected chi connectivity index (χ1v) is 8.05. The van der Waals surface area contributed by atoms with Crippen molar-refractivity contribution < 1.29 is 0 Å². The summed E-state index contributed by atoms with van der Waals surface area (Å²) >= 11 is 0. The Morgan fingerprint density at radius 1 is 0.900 bits per heavy atom. The van der Waals surface area contributed by atoms with Gasteiger partial charge in [0.25, 0.3) is 0 Å². The molecule has 0 saturated carbocycles. The van der Waals surface area contributed by atoms with Crippen LogP contribution in [0, 0.1) is 5.41 Å². The van der Waals surface area contributed by atoms with E-state index >= 15 is 0 Å². The van der Waals surface area contributed by atoms with Crippen molar-refractivity contribution in [1.29, 1.82) is 0 Å². The highest BCUT2D eigenvalue weighted by molar-refractivity contribution is 5.28.